The first kappa shape index (κ1) is 19.8. The Labute approximate surface area is 183 Å². The Kier molecular flexibility index (Phi) is 4.82. The highest BCUT2D eigenvalue weighted by molar-refractivity contribution is 5.84. The van der Waals surface area contributed by atoms with Gasteiger partial charge in [0.2, 0.25) is 5.95 Å². The van der Waals surface area contributed by atoms with Crippen LogP contribution in [0.5, 0.6) is 11.5 Å². The number of nitriles is 1. The summed E-state index contributed by atoms with van der Waals surface area (Å²) in [7, 11) is 1.58. The summed E-state index contributed by atoms with van der Waals surface area (Å²) >= 11 is 0. The molecule has 160 valence electrons. The van der Waals surface area contributed by atoms with Crippen molar-refractivity contribution in [3.63, 3.8) is 0 Å². The molecule has 4 aromatic rings. The van der Waals surface area contributed by atoms with E-state index in [-0.39, 0.29) is 18.1 Å². The Balaban J connectivity index is 1.56. The summed E-state index contributed by atoms with van der Waals surface area (Å²) in [6.45, 7) is 2.68. The highest BCUT2D eigenvalue weighted by Crippen LogP contribution is 2.32. The molecule has 8 nitrogen and oxygen atoms in total. The van der Waals surface area contributed by atoms with Crippen molar-refractivity contribution in [1.29, 1.82) is 5.26 Å². The highest BCUT2D eigenvalue weighted by Gasteiger charge is 2.21. The minimum absolute atomic E-state index is 0.222. The number of hydrogen-bond acceptors (Lipinski definition) is 7. The number of pyridine rings is 1. The number of nitrogens with one attached hydrogen (secondary N) is 1. The Morgan fingerprint density at radius 2 is 2.16 bits per heavy atom. The van der Waals surface area contributed by atoms with Crippen LogP contribution in [0.1, 0.15) is 22.4 Å². The molecule has 1 aliphatic rings. The molecular weight excluding hydrogens is 411 g/mol. The molecule has 0 radical (unpaired) electrons. The number of aryl methyl sites for hydroxylation is 1. The molecule has 0 fully saturated rings. The first-order valence-electron chi connectivity index (χ1n) is 10.0. The lowest BCUT2D eigenvalue weighted by atomic mass is 10.0. The van der Waals surface area contributed by atoms with Crippen LogP contribution in [0.15, 0.2) is 36.9 Å². The third-order valence-electron chi connectivity index (χ3n) is 5.58. The van der Waals surface area contributed by atoms with Gasteiger partial charge in [-0.3, -0.25) is 9.38 Å². The number of ether oxygens (including phenoxy) is 2. The number of methoxy groups -OCH3 is 1. The number of hydrogen-bond donors (Lipinski definition) is 1. The summed E-state index contributed by atoms with van der Waals surface area (Å²) in [4.78, 5) is 13.3. The minimum Gasteiger partial charge on any atom is -0.495 e. The Hall–Kier alpha value is -4.19. The van der Waals surface area contributed by atoms with E-state index in [4.69, 9.17) is 9.47 Å². The molecule has 4 heterocycles. The van der Waals surface area contributed by atoms with Gasteiger partial charge in [0.1, 0.15) is 29.7 Å². The van der Waals surface area contributed by atoms with E-state index in [0.29, 0.717) is 52.8 Å². The number of fused-ring (bicyclic) bond motifs is 2. The Bertz CT molecular complexity index is 1390. The summed E-state index contributed by atoms with van der Waals surface area (Å²) in [5, 5.41) is 12.8. The van der Waals surface area contributed by atoms with Crippen molar-refractivity contribution in [3.8, 4) is 28.8 Å². The maximum atomic E-state index is 14.5. The second-order valence-electron chi connectivity index (χ2n) is 7.41. The molecule has 0 spiro atoms. The zero-order chi connectivity index (χ0) is 22.2. The summed E-state index contributed by atoms with van der Waals surface area (Å²) in [6.07, 6.45) is 5.46. The van der Waals surface area contributed by atoms with Gasteiger partial charge in [-0.2, -0.15) is 5.26 Å². The van der Waals surface area contributed by atoms with Gasteiger partial charge in [-0.15, -0.1) is 0 Å². The highest BCUT2D eigenvalue weighted by atomic mass is 19.1. The molecule has 0 atom stereocenters. The van der Waals surface area contributed by atoms with Gasteiger partial charge in [-0.25, -0.2) is 14.4 Å². The van der Waals surface area contributed by atoms with Crippen LogP contribution < -0.4 is 14.8 Å². The first-order valence-corrected chi connectivity index (χ1v) is 10.0. The van der Waals surface area contributed by atoms with Crippen molar-refractivity contribution in [3.05, 3.63) is 65.1 Å². The van der Waals surface area contributed by atoms with Crippen molar-refractivity contribution in [2.75, 3.05) is 19.0 Å². The van der Waals surface area contributed by atoms with Crippen LogP contribution in [0, 0.1) is 24.1 Å². The fourth-order valence-electron chi connectivity index (χ4n) is 4.02. The van der Waals surface area contributed by atoms with Gasteiger partial charge >= 0.3 is 0 Å². The van der Waals surface area contributed by atoms with Crippen molar-refractivity contribution in [1.82, 2.24) is 19.4 Å². The molecule has 3 aromatic heterocycles. The molecule has 9 heteroatoms. The minimum atomic E-state index is -0.295. The monoisotopic (exact) mass is 430 g/mol. The maximum absolute atomic E-state index is 14.5. The lowest BCUT2D eigenvalue weighted by molar-refractivity contribution is 0.356. The van der Waals surface area contributed by atoms with Crippen LogP contribution in [-0.4, -0.2) is 33.1 Å². The van der Waals surface area contributed by atoms with E-state index in [1.807, 2.05) is 13.0 Å². The van der Waals surface area contributed by atoms with Crippen LogP contribution >= 0.6 is 0 Å². The van der Waals surface area contributed by atoms with Crippen LogP contribution in [0.3, 0.4) is 0 Å². The van der Waals surface area contributed by atoms with E-state index in [1.54, 1.807) is 30.0 Å². The van der Waals surface area contributed by atoms with E-state index in [1.165, 1.54) is 12.4 Å². The lowest BCUT2D eigenvalue weighted by Gasteiger charge is -2.14. The number of halogens is 1. The third kappa shape index (κ3) is 3.17. The Morgan fingerprint density at radius 1 is 1.28 bits per heavy atom. The molecular formula is C23H19FN6O2. The predicted molar refractivity (Wildman–Crippen MR) is 115 cm³/mol. The normalized spacial score (nSPS) is 12.3. The molecule has 1 aromatic carbocycles. The predicted octanol–water partition coefficient (Wildman–Crippen LogP) is 3.67. The fourth-order valence-corrected chi connectivity index (χ4v) is 4.02. The van der Waals surface area contributed by atoms with Gasteiger partial charge in [0.15, 0.2) is 5.69 Å². The summed E-state index contributed by atoms with van der Waals surface area (Å²) in [6, 6.07) is 7.07. The van der Waals surface area contributed by atoms with Crippen molar-refractivity contribution in [2.24, 2.45) is 0 Å². The van der Waals surface area contributed by atoms with E-state index in [2.05, 4.69) is 26.3 Å². The SMILES string of the molecule is COc1cnc(-c2cnc(NCc3c(F)ccc4c3CCO4)n3cnc(C#N)c23)c(C)c1. The first-order chi connectivity index (χ1) is 15.6. The van der Waals surface area contributed by atoms with Gasteiger partial charge in [0.25, 0.3) is 0 Å². The summed E-state index contributed by atoms with van der Waals surface area (Å²) in [5.74, 6) is 1.51. The lowest BCUT2D eigenvalue weighted by Crippen LogP contribution is -2.10. The van der Waals surface area contributed by atoms with Crippen LogP contribution in [0.25, 0.3) is 16.8 Å². The molecule has 0 saturated heterocycles. The number of imidazole rings is 1. The molecule has 1 N–H and O–H groups in total. The molecule has 0 unspecified atom stereocenters. The van der Waals surface area contributed by atoms with Crippen LogP contribution in [-0.2, 0) is 13.0 Å². The van der Waals surface area contributed by atoms with Gasteiger partial charge in [-0.1, -0.05) is 0 Å². The van der Waals surface area contributed by atoms with E-state index >= 15 is 0 Å². The standard InChI is InChI=1S/C23H19FN6O2/c1-13-7-14(31-2)9-26-21(13)17-11-28-23(30-12-29-19(8-25)22(17)30)27-10-16-15-5-6-32-20(15)4-3-18(16)24/h3-4,7,9,11-12H,5-6,10H2,1-2H3,(H,27,28). The molecule has 0 amide bonds. The average Bonchev–Trinajstić information content (AvgIpc) is 3.46. The number of benzene rings is 1. The van der Waals surface area contributed by atoms with Gasteiger partial charge in [0.05, 0.1) is 31.1 Å². The van der Waals surface area contributed by atoms with Crippen LogP contribution in [0.4, 0.5) is 10.3 Å². The topological polar surface area (TPSA) is 97.4 Å². The van der Waals surface area contributed by atoms with E-state index in [9.17, 15) is 9.65 Å². The van der Waals surface area contributed by atoms with E-state index < -0.39 is 0 Å². The van der Waals surface area contributed by atoms with E-state index in [0.717, 1.165) is 11.1 Å². The zero-order valence-electron chi connectivity index (χ0n) is 17.5. The van der Waals surface area contributed by atoms with Gasteiger partial charge < -0.3 is 14.8 Å². The molecule has 5 rings (SSSR count). The number of rotatable bonds is 5. The third-order valence-corrected chi connectivity index (χ3v) is 5.58. The number of nitrogens with zero attached hydrogens (tertiary/aromatic N) is 5. The second kappa shape index (κ2) is 7.81. The molecule has 32 heavy (non-hydrogen) atoms. The van der Waals surface area contributed by atoms with Crippen molar-refractivity contribution in [2.45, 2.75) is 19.9 Å². The van der Waals surface area contributed by atoms with Gasteiger partial charge in [-0.05, 0) is 30.7 Å². The molecule has 0 bridgehead atoms. The molecule has 1 aliphatic heterocycles. The number of anilines is 1. The fraction of sp³-hybridized carbons (Fsp3) is 0.217. The maximum Gasteiger partial charge on any atom is 0.209 e. The molecule has 0 aliphatic carbocycles. The smallest absolute Gasteiger partial charge is 0.209 e. The Morgan fingerprint density at radius 3 is 2.94 bits per heavy atom. The van der Waals surface area contributed by atoms with Gasteiger partial charge in [0, 0.05) is 35.9 Å². The summed E-state index contributed by atoms with van der Waals surface area (Å²) < 4.78 is 27.0. The zero-order valence-corrected chi connectivity index (χ0v) is 17.5. The summed E-state index contributed by atoms with van der Waals surface area (Å²) in [5.41, 5.74) is 4.47. The largest absolute Gasteiger partial charge is 0.495 e. The van der Waals surface area contributed by atoms with Crippen molar-refractivity contribution >= 4 is 11.5 Å². The van der Waals surface area contributed by atoms with Crippen molar-refractivity contribution < 1.29 is 13.9 Å². The molecule has 0 saturated carbocycles. The average molecular weight is 430 g/mol. The quantitative estimate of drug-likeness (QED) is 0.516. The second-order valence-corrected chi connectivity index (χ2v) is 7.41. The number of aromatic nitrogens is 4. The van der Waals surface area contributed by atoms with Crippen LogP contribution in [0.2, 0.25) is 0 Å².